The van der Waals surface area contributed by atoms with E-state index in [4.69, 9.17) is 4.74 Å². The van der Waals surface area contributed by atoms with Crippen LogP contribution in [0, 0.1) is 0 Å². The molecule has 0 unspecified atom stereocenters. The van der Waals surface area contributed by atoms with Crippen LogP contribution >= 0.6 is 11.8 Å². The average Bonchev–Trinajstić information content (AvgIpc) is 2.83. The van der Waals surface area contributed by atoms with Gasteiger partial charge in [-0.1, -0.05) is 12.1 Å². The van der Waals surface area contributed by atoms with Crippen LogP contribution in [0.3, 0.4) is 0 Å². The summed E-state index contributed by atoms with van der Waals surface area (Å²) in [6.45, 7) is 5.12. The van der Waals surface area contributed by atoms with Crippen molar-refractivity contribution in [3.05, 3.63) is 35.4 Å². The van der Waals surface area contributed by atoms with Crippen molar-refractivity contribution in [1.82, 2.24) is 10.2 Å². The van der Waals surface area contributed by atoms with Gasteiger partial charge in [0.25, 0.3) is 11.8 Å². The molecule has 0 bridgehead atoms. The van der Waals surface area contributed by atoms with Crippen LogP contribution in [0.15, 0.2) is 24.3 Å². The molecule has 9 heteroatoms. The van der Waals surface area contributed by atoms with Crippen LogP contribution in [0.1, 0.15) is 41.5 Å². The normalized spacial score (nSPS) is 14.6. The Hall–Kier alpha value is -2.55. The number of alkyl carbamates (subject to hydrolysis) is 1. The summed E-state index contributed by atoms with van der Waals surface area (Å²) < 4.78 is 9.82. The molecule has 2 rings (SSSR count). The molecule has 1 aliphatic rings. The van der Waals surface area contributed by atoms with Crippen molar-refractivity contribution in [3.63, 3.8) is 0 Å². The number of nitrogens with zero attached hydrogens (tertiary/aromatic N) is 1. The zero-order valence-corrected chi connectivity index (χ0v) is 16.4. The highest BCUT2D eigenvalue weighted by Gasteiger charge is 2.35. The molecule has 8 nitrogen and oxygen atoms in total. The second-order valence-corrected chi connectivity index (χ2v) is 7.81. The molecule has 1 aromatic carbocycles. The Morgan fingerprint density at radius 2 is 1.70 bits per heavy atom. The van der Waals surface area contributed by atoms with Crippen LogP contribution < -0.4 is 5.32 Å². The summed E-state index contributed by atoms with van der Waals surface area (Å²) in [6.07, 6.45) is -0.751. The fourth-order valence-electron chi connectivity index (χ4n) is 2.38. The van der Waals surface area contributed by atoms with Crippen molar-refractivity contribution in [2.75, 3.05) is 18.7 Å². The van der Waals surface area contributed by atoms with Crippen molar-refractivity contribution >= 4 is 35.6 Å². The third-order valence-corrected chi connectivity index (χ3v) is 4.57. The first-order valence-electron chi connectivity index (χ1n) is 8.24. The second-order valence-electron chi connectivity index (χ2n) is 6.81. The number of fused-ring (bicyclic) bond motifs is 1. The number of hydrogen-bond donors (Lipinski definition) is 1. The summed E-state index contributed by atoms with van der Waals surface area (Å²) in [5, 5.41) is 2.44. The summed E-state index contributed by atoms with van der Waals surface area (Å²) in [5.74, 6) is -1.24. The number of thioether (sulfide) groups is 1. The number of esters is 1. The zero-order valence-electron chi connectivity index (χ0n) is 15.6. The highest BCUT2D eigenvalue weighted by molar-refractivity contribution is 7.99. The number of hydrogen-bond acceptors (Lipinski definition) is 7. The van der Waals surface area contributed by atoms with Gasteiger partial charge >= 0.3 is 12.1 Å². The van der Waals surface area contributed by atoms with E-state index >= 15 is 0 Å². The molecule has 146 valence electrons. The number of amides is 3. The lowest BCUT2D eigenvalue weighted by molar-refractivity contribution is -0.142. The quantitative estimate of drug-likeness (QED) is 0.582. The molecule has 1 N–H and O–H groups in total. The van der Waals surface area contributed by atoms with Crippen LogP contribution in [-0.2, 0) is 14.3 Å². The summed E-state index contributed by atoms with van der Waals surface area (Å²) in [4.78, 5) is 49.5. The van der Waals surface area contributed by atoms with Crippen LogP contribution in [-0.4, -0.2) is 59.2 Å². The Bertz CT molecular complexity index is 723. The lowest BCUT2D eigenvalue weighted by Crippen LogP contribution is -2.45. The van der Waals surface area contributed by atoms with Crippen LogP contribution in [0.25, 0.3) is 0 Å². The Kier molecular flexibility index (Phi) is 6.48. The molecule has 0 radical (unpaired) electrons. The van der Waals surface area contributed by atoms with E-state index in [1.807, 2.05) is 0 Å². The molecule has 0 saturated carbocycles. The minimum atomic E-state index is -0.968. The van der Waals surface area contributed by atoms with Crippen molar-refractivity contribution in [3.8, 4) is 0 Å². The molecule has 1 atom stereocenters. The van der Waals surface area contributed by atoms with E-state index in [1.54, 1.807) is 45.0 Å². The Labute approximate surface area is 161 Å². The third-order valence-electron chi connectivity index (χ3n) is 3.56. The molecular formula is C18H22N2O6S. The first-order valence-corrected chi connectivity index (χ1v) is 9.40. The van der Waals surface area contributed by atoms with E-state index in [2.05, 4.69) is 10.1 Å². The molecule has 0 saturated heterocycles. The van der Waals surface area contributed by atoms with E-state index < -0.39 is 23.7 Å². The van der Waals surface area contributed by atoms with E-state index in [0.717, 1.165) is 16.7 Å². The van der Waals surface area contributed by atoms with E-state index in [1.165, 1.54) is 7.11 Å². The largest absolute Gasteiger partial charge is 0.467 e. The number of methoxy groups -OCH3 is 1. The van der Waals surface area contributed by atoms with Crippen molar-refractivity contribution in [1.29, 1.82) is 0 Å². The first kappa shape index (κ1) is 20.8. The minimum absolute atomic E-state index is 0.0514. The van der Waals surface area contributed by atoms with E-state index in [0.29, 0.717) is 11.1 Å². The lowest BCUT2D eigenvalue weighted by atomic mass is 10.1. The monoisotopic (exact) mass is 394 g/mol. The van der Waals surface area contributed by atoms with Gasteiger partial charge in [0.1, 0.15) is 11.6 Å². The van der Waals surface area contributed by atoms with Crippen molar-refractivity contribution in [2.24, 2.45) is 0 Å². The van der Waals surface area contributed by atoms with Gasteiger partial charge in [-0.05, 0) is 32.9 Å². The zero-order chi connectivity index (χ0) is 20.2. The van der Waals surface area contributed by atoms with Crippen LogP contribution in [0.2, 0.25) is 0 Å². The third kappa shape index (κ3) is 5.22. The van der Waals surface area contributed by atoms with Gasteiger partial charge in [-0.3, -0.25) is 14.5 Å². The molecule has 1 aliphatic heterocycles. The van der Waals surface area contributed by atoms with Crippen LogP contribution in [0.4, 0.5) is 4.79 Å². The molecular weight excluding hydrogens is 372 g/mol. The second kappa shape index (κ2) is 8.43. The Morgan fingerprint density at radius 3 is 2.19 bits per heavy atom. The molecule has 0 spiro atoms. The molecule has 1 heterocycles. The topological polar surface area (TPSA) is 102 Å². The molecule has 1 aromatic rings. The number of benzene rings is 1. The molecule has 27 heavy (non-hydrogen) atoms. The van der Waals surface area contributed by atoms with E-state index in [9.17, 15) is 19.2 Å². The van der Waals surface area contributed by atoms with Gasteiger partial charge in [0.05, 0.1) is 24.1 Å². The summed E-state index contributed by atoms with van der Waals surface area (Å²) in [6, 6.07) is 5.62. The lowest BCUT2D eigenvalue weighted by Gasteiger charge is -2.23. The Morgan fingerprint density at radius 1 is 1.15 bits per heavy atom. The maximum Gasteiger partial charge on any atom is 0.408 e. The maximum absolute atomic E-state index is 12.3. The highest BCUT2D eigenvalue weighted by Crippen LogP contribution is 2.24. The number of nitrogens with one attached hydrogen (secondary N) is 1. The van der Waals surface area contributed by atoms with Gasteiger partial charge in [-0.15, -0.1) is 11.8 Å². The van der Waals surface area contributed by atoms with Gasteiger partial charge < -0.3 is 14.8 Å². The van der Waals surface area contributed by atoms with Gasteiger partial charge in [0, 0.05) is 5.75 Å². The fraction of sp³-hybridized carbons (Fsp3) is 0.444. The maximum atomic E-state index is 12.3. The SMILES string of the molecule is COC(=O)[C@H](CSCN1C(=O)c2ccccc2C1=O)NC(=O)OC(C)(C)C. The number of carbonyl (C=O) groups excluding carboxylic acids is 4. The predicted octanol–water partition coefficient (Wildman–Crippen LogP) is 2.04. The molecule has 0 aliphatic carbocycles. The fourth-order valence-corrected chi connectivity index (χ4v) is 3.36. The summed E-state index contributed by atoms with van der Waals surface area (Å²) in [5.41, 5.74) is 0.0110. The van der Waals surface area contributed by atoms with Gasteiger partial charge in [-0.25, -0.2) is 9.59 Å². The van der Waals surface area contributed by atoms with Gasteiger partial charge in [0.2, 0.25) is 0 Å². The first-order chi connectivity index (χ1) is 12.6. The van der Waals surface area contributed by atoms with Crippen LogP contribution in [0.5, 0.6) is 0 Å². The molecule has 3 amide bonds. The van der Waals surface area contributed by atoms with Crippen molar-refractivity contribution < 1.29 is 28.7 Å². The highest BCUT2D eigenvalue weighted by atomic mass is 32.2. The van der Waals surface area contributed by atoms with Crippen molar-refractivity contribution in [2.45, 2.75) is 32.4 Å². The number of carbonyl (C=O) groups is 4. The Balaban J connectivity index is 1.94. The number of imide groups is 1. The van der Waals surface area contributed by atoms with Gasteiger partial charge in [-0.2, -0.15) is 0 Å². The number of ether oxygens (including phenoxy) is 2. The smallest absolute Gasteiger partial charge is 0.408 e. The predicted molar refractivity (Wildman–Crippen MR) is 99.4 cm³/mol. The molecule has 0 fully saturated rings. The minimum Gasteiger partial charge on any atom is -0.467 e. The standard InChI is InChI=1S/C18H22N2O6S/c1-18(2,3)26-17(24)19-13(16(23)25-4)9-27-10-20-14(21)11-7-5-6-8-12(11)15(20)22/h5-8,13H,9-10H2,1-4H3,(H,19,24)/t13-/m0/s1. The summed E-state index contributed by atoms with van der Waals surface area (Å²) in [7, 11) is 1.21. The van der Waals surface area contributed by atoms with E-state index in [-0.39, 0.29) is 23.4 Å². The average molecular weight is 394 g/mol. The summed E-state index contributed by atoms with van der Waals surface area (Å²) >= 11 is 1.15. The van der Waals surface area contributed by atoms with Gasteiger partial charge in [0.15, 0.2) is 0 Å². The molecule has 0 aromatic heterocycles. The number of rotatable bonds is 6.